The second-order valence-electron chi connectivity index (χ2n) is 3.52. The first-order valence-corrected chi connectivity index (χ1v) is 4.72. The van der Waals surface area contributed by atoms with Crippen molar-refractivity contribution in [1.29, 1.82) is 0 Å². The van der Waals surface area contributed by atoms with Crippen LogP contribution in [0.25, 0.3) is 0 Å². The molecular weight excluding hydrogens is 190 g/mol. The van der Waals surface area contributed by atoms with Gasteiger partial charge in [0.25, 0.3) is 0 Å². The van der Waals surface area contributed by atoms with Gasteiger partial charge in [0, 0.05) is 5.69 Å². The molecule has 0 fully saturated rings. The zero-order valence-corrected chi connectivity index (χ0v) is 8.81. The third kappa shape index (κ3) is 2.12. The molecule has 0 spiro atoms. The van der Waals surface area contributed by atoms with E-state index in [1.165, 1.54) is 0 Å². The number of nitrogens with zero attached hydrogens (tertiary/aromatic N) is 4. The van der Waals surface area contributed by atoms with Crippen LogP contribution in [0.3, 0.4) is 0 Å². The molecule has 15 heavy (non-hydrogen) atoms. The van der Waals surface area contributed by atoms with Crippen LogP contribution in [0.5, 0.6) is 0 Å². The van der Waals surface area contributed by atoms with Crippen LogP contribution in [0.1, 0.15) is 17.1 Å². The predicted octanol–water partition coefficient (Wildman–Crippen LogP) is 0.920. The highest BCUT2D eigenvalue weighted by Crippen LogP contribution is 2.05. The minimum absolute atomic E-state index is 0.437. The second kappa shape index (κ2) is 3.68. The molecule has 0 aliphatic carbocycles. The Labute approximate surface area is 88.0 Å². The molecule has 2 rings (SSSR count). The van der Waals surface area contributed by atoms with Gasteiger partial charge >= 0.3 is 0 Å². The van der Waals surface area contributed by atoms with E-state index in [0.717, 1.165) is 17.1 Å². The summed E-state index contributed by atoms with van der Waals surface area (Å²) in [6.07, 6.45) is 3.23. The first-order valence-electron chi connectivity index (χ1n) is 4.72. The lowest BCUT2D eigenvalue weighted by Gasteiger charge is -2.03. The molecule has 2 heterocycles. The van der Waals surface area contributed by atoms with Crippen LogP contribution in [-0.4, -0.2) is 19.7 Å². The summed E-state index contributed by atoms with van der Waals surface area (Å²) in [6, 6.07) is 2.03. The molecule has 0 saturated heterocycles. The Balaban J connectivity index is 2.21. The van der Waals surface area contributed by atoms with Crippen LogP contribution in [-0.2, 0) is 6.54 Å². The molecule has 0 unspecified atom stereocenters. The summed E-state index contributed by atoms with van der Waals surface area (Å²) in [5.74, 6) is 0.437. The molecule has 2 aromatic rings. The lowest BCUT2D eigenvalue weighted by atomic mass is 10.4. The Bertz CT molecular complexity index is 457. The molecule has 5 heteroatoms. The van der Waals surface area contributed by atoms with E-state index < -0.39 is 0 Å². The van der Waals surface area contributed by atoms with Gasteiger partial charge in [0.15, 0.2) is 0 Å². The van der Waals surface area contributed by atoms with Gasteiger partial charge in [-0.25, -0.2) is 4.98 Å². The maximum absolute atomic E-state index is 5.46. The summed E-state index contributed by atoms with van der Waals surface area (Å²) >= 11 is 0. The molecule has 0 bridgehead atoms. The Hall–Kier alpha value is -1.91. The van der Waals surface area contributed by atoms with Gasteiger partial charge in [-0.3, -0.25) is 9.67 Å². The Morgan fingerprint density at radius 1 is 1.27 bits per heavy atom. The van der Waals surface area contributed by atoms with Crippen LogP contribution in [0.2, 0.25) is 0 Å². The van der Waals surface area contributed by atoms with E-state index in [-0.39, 0.29) is 0 Å². The zero-order valence-electron chi connectivity index (χ0n) is 8.81. The molecule has 5 nitrogen and oxygen atoms in total. The van der Waals surface area contributed by atoms with Gasteiger partial charge < -0.3 is 5.73 Å². The average Bonchev–Trinajstić information content (AvgIpc) is 2.49. The van der Waals surface area contributed by atoms with Gasteiger partial charge in [-0.1, -0.05) is 0 Å². The van der Waals surface area contributed by atoms with E-state index in [1.807, 2.05) is 24.6 Å². The number of rotatable bonds is 2. The van der Waals surface area contributed by atoms with Crippen LogP contribution < -0.4 is 5.73 Å². The van der Waals surface area contributed by atoms with Crippen molar-refractivity contribution in [2.24, 2.45) is 0 Å². The van der Waals surface area contributed by atoms with Crippen molar-refractivity contribution >= 4 is 5.82 Å². The fourth-order valence-corrected chi connectivity index (χ4v) is 1.43. The van der Waals surface area contributed by atoms with Crippen molar-refractivity contribution in [3.05, 3.63) is 35.5 Å². The maximum atomic E-state index is 5.46. The fourth-order valence-electron chi connectivity index (χ4n) is 1.43. The molecule has 0 amide bonds. The Morgan fingerprint density at radius 3 is 2.60 bits per heavy atom. The summed E-state index contributed by atoms with van der Waals surface area (Å²) in [5, 5.41) is 4.35. The lowest BCUT2D eigenvalue weighted by Crippen LogP contribution is -2.06. The normalized spacial score (nSPS) is 10.5. The number of hydrogen-bond donors (Lipinski definition) is 1. The Morgan fingerprint density at radius 2 is 2.07 bits per heavy atom. The quantitative estimate of drug-likeness (QED) is 0.788. The topological polar surface area (TPSA) is 69.6 Å². The largest absolute Gasteiger partial charge is 0.382 e. The first-order chi connectivity index (χ1) is 7.15. The average molecular weight is 203 g/mol. The number of nitrogens with two attached hydrogens (primary N) is 1. The molecule has 2 aromatic heterocycles. The highest BCUT2D eigenvalue weighted by molar-refractivity contribution is 5.23. The van der Waals surface area contributed by atoms with Gasteiger partial charge in [-0.2, -0.15) is 5.10 Å². The van der Waals surface area contributed by atoms with E-state index in [9.17, 15) is 0 Å². The highest BCUT2D eigenvalue weighted by Gasteiger charge is 2.02. The molecule has 0 aliphatic rings. The monoisotopic (exact) mass is 203 g/mol. The van der Waals surface area contributed by atoms with Crippen molar-refractivity contribution in [3.63, 3.8) is 0 Å². The van der Waals surface area contributed by atoms with Gasteiger partial charge in [0.2, 0.25) is 0 Å². The van der Waals surface area contributed by atoms with E-state index in [0.29, 0.717) is 12.4 Å². The van der Waals surface area contributed by atoms with Gasteiger partial charge in [0.05, 0.1) is 30.3 Å². The summed E-state index contributed by atoms with van der Waals surface area (Å²) in [7, 11) is 0. The summed E-state index contributed by atoms with van der Waals surface area (Å²) in [5.41, 5.74) is 8.44. The molecule has 0 radical (unpaired) electrons. The highest BCUT2D eigenvalue weighted by atomic mass is 15.3. The minimum atomic E-state index is 0.437. The molecule has 0 aliphatic heterocycles. The van der Waals surface area contributed by atoms with Gasteiger partial charge in [-0.05, 0) is 19.9 Å². The smallest absolute Gasteiger partial charge is 0.141 e. The van der Waals surface area contributed by atoms with Crippen molar-refractivity contribution in [2.75, 3.05) is 5.73 Å². The molecule has 0 atom stereocenters. The molecular formula is C10H13N5. The van der Waals surface area contributed by atoms with E-state index in [1.54, 1.807) is 12.4 Å². The van der Waals surface area contributed by atoms with Crippen LogP contribution in [0.15, 0.2) is 18.5 Å². The Kier molecular flexibility index (Phi) is 2.37. The van der Waals surface area contributed by atoms with Crippen LogP contribution in [0, 0.1) is 13.8 Å². The summed E-state index contributed by atoms with van der Waals surface area (Å²) in [6.45, 7) is 4.62. The first kappa shape index (κ1) is 9.64. The van der Waals surface area contributed by atoms with Crippen molar-refractivity contribution in [1.82, 2.24) is 19.7 Å². The number of hydrogen-bond acceptors (Lipinski definition) is 4. The maximum Gasteiger partial charge on any atom is 0.141 e. The number of aromatic nitrogens is 4. The zero-order chi connectivity index (χ0) is 10.8. The minimum Gasteiger partial charge on any atom is -0.382 e. The molecule has 0 saturated carbocycles. The van der Waals surface area contributed by atoms with Crippen molar-refractivity contribution < 1.29 is 0 Å². The third-order valence-corrected chi connectivity index (χ3v) is 2.14. The van der Waals surface area contributed by atoms with E-state index in [4.69, 9.17) is 5.73 Å². The van der Waals surface area contributed by atoms with Gasteiger partial charge in [-0.15, -0.1) is 0 Å². The van der Waals surface area contributed by atoms with Crippen LogP contribution in [0.4, 0.5) is 5.82 Å². The third-order valence-electron chi connectivity index (χ3n) is 2.14. The van der Waals surface area contributed by atoms with Crippen molar-refractivity contribution in [3.8, 4) is 0 Å². The van der Waals surface area contributed by atoms with E-state index in [2.05, 4.69) is 15.1 Å². The number of anilines is 1. The van der Waals surface area contributed by atoms with Crippen LogP contribution >= 0.6 is 0 Å². The fraction of sp³-hybridized carbons (Fsp3) is 0.300. The standard InChI is InChI=1S/C10H13N5/c1-7-3-8(2)15(14-7)6-9-4-13-10(11)5-12-9/h3-5H,6H2,1-2H3,(H2,11,13). The van der Waals surface area contributed by atoms with E-state index >= 15 is 0 Å². The van der Waals surface area contributed by atoms with Crippen molar-refractivity contribution in [2.45, 2.75) is 20.4 Å². The summed E-state index contributed by atoms with van der Waals surface area (Å²) < 4.78 is 1.90. The number of aryl methyl sites for hydroxylation is 2. The molecule has 2 N–H and O–H groups in total. The van der Waals surface area contributed by atoms with Gasteiger partial charge in [0.1, 0.15) is 5.82 Å². The molecule has 78 valence electrons. The number of nitrogen functional groups attached to an aromatic ring is 1. The SMILES string of the molecule is Cc1cc(C)n(Cc2cnc(N)cn2)n1. The lowest BCUT2D eigenvalue weighted by molar-refractivity contribution is 0.645. The predicted molar refractivity (Wildman–Crippen MR) is 57.2 cm³/mol. The summed E-state index contributed by atoms with van der Waals surface area (Å²) in [4.78, 5) is 8.16. The second-order valence-corrected chi connectivity index (χ2v) is 3.52. The molecule has 0 aromatic carbocycles.